The van der Waals surface area contributed by atoms with Crippen molar-refractivity contribution < 1.29 is 4.39 Å². The lowest BCUT2D eigenvalue weighted by molar-refractivity contribution is 0.102. The number of rotatable bonds is 3. The zero-order valence-electron chi connectivity index (χ0n) is 9.92. The normalized spacial score (nSPS) is 18.5. The Bertz CT molecular complexity index is 358. The molecule has 2 rings (SSSR count). The minimum atomic E-state index is -0.199. The number of halogens is 2. The van der Waals surface area contributed by atoms with E-state index in [1.165, 1.54) is 6.07 Å². The third-order valence-electron chi connectivity index (χ3n) is 2.93. The highest BCUT2D eigenvalue weighted by molar-refractivity contribution is 9.10. The SMILES string of the molecule is CN1CCN(NCc2cc(F)cc(Br)c2)CC1. The van der Waals surface area contributed by atoms with Crippen molar-refractivity contribution in [3.8, 4) is 0 Å². The van der Waals surface area contributed by atoms with Crippen LogP contribution in [0.15, 0.2) is 22.7 Å². The average molecular weight is 302 g/mol. The summed E-state index contributed by atoms with van der Waals surface area (Å²) in [4.78, 5) is 2.30. The van der Waals surface area contributed by atoms with Gasteiger partial charge in [0.1, 0.15) is 5.82 Å². The van der Waals surface area contributed by atoms with Crippen molar-refractivity contribution in [1.82, 2.24) is 15.3 Å². The van der Waals surface area contributed by atoms with E-state index in [9.17, 15) is 4.39 Å². The molecule has 0 radical (unpaired) electrons. The number of likely N-dealkylation sites (N-methyl/N-ethyl adjacent to an activating group) is 1. The van der Waals surface area contributed by atoms with Crippen molar-refractivity contribution in [3.05, 3.63) is 34.1 Å². The van der Waals surface area contributed by atoms with E-state index in [1.54, 1.807) is 6.07 Å². The smallest absolute Gasteiger partial charge is 0.124 e. The Balaban J connectivity index is 1.85. The summed E-state index contributed by atoms with van der Waals surface area (Å²) in [7, 11) is 2.13. The number of hydrogen-bond donors (Lipinski definition) is 1. The molecule has 1 N–H and O–H groups in total. The van der Waals surface area contributed by atoms with Crippen LogP contribution in [0.1, 0.15) is 5.56 Å². The van der Waals surface area contributed by atoms with Gasteiger partial charge in [-0.1, -0.05) is 15.9 Å². The summed E-state index contributed by atoms with van der Waals surface area (Å²) in [5, 5.41) is 2.19. The molecule has 0 bridgehead atoms. The van der Waals surface area contributed by atoms with Crippen LogP contribution in [0.4, 0.5) is 4.39 Å². The van der Waals surface area contributed by atoms with E-state index in [-0.39, 0.29) is 5.82 Å². The van der Waals surface area contributed by atoms with Crippen LogP contribution in [0, 0.1) is 5.82 Å². The second-order valence-electron chi connectivity index (χ2n) is 4.40. The molecule has 0 atom stereocenters. The van der Waals surface area contributed by atoms with E-state index in [2.05, 4.69) is 38.3 Å². The summed E-state index contributed by atoms with van der Waals surface area (Å²) in [5.74, 6) is -0.199. The van der Waals surface area contributed by atoms with Crippen LogP contribution in [-0.4, -0.2) is 43.1 Å². The van der Waals surface area contributed by atoms with E-state index in [0.717, 1.165) is 36.2 Å². The first-order valence-electron chi connectivity index (χ1n) is 5.75. The predicted molar refractivity (Wildman–Crippen MR) is 70.0 cm³/mol. The van der Waals surface area contributed by atoms with Crippen LogP contribution >= 0.6 is 15.9 Å². The first-order chi connectivity index (χ1) is 8.13. The molecule has 0 amide bonds. The lowest BCUT2D eigenvalue weighted by atomic mass is 10.2. The van der Waals surface area contributed by atoms with Crippen LogP contribution < -0.4 is 5.43 Å². The molecule has 0 aliphatic carbocycles. The van der Waals surface area contributed by atoms with E-state index in [1.807, 2.05) is 6.07 Å². The first-order valence-corrected chi connectivity index (χ1v) is 6.55. The lowest BCUT2D eigenvalue weighted by Crippen LogP contribution is -2.50. The van der Waals surface area contributed by atoms with Gasteiger partial charge < -0.3 is 4.90 Å². The maximum Gasteiger partial charge on any atom is 0.124 e. The molecule has 1 saturated heterocycles. The third kappa shape index (κ3) is 4.03. The van der Waals surface area contributed by atoms with Crippen LogP contribution in [0.3, 0.4) is 0 Å². The van der Waals surface area contributed by atoms with Crippen LogP contribution in [0.25, 0.3) is 0 Å². The fourth-order valence-electron chi connectivity index (χ4n) is 1.88. The molecule has 17 heavy (non-hydrogen) atoms. The monoisotopic (exact) mass is 301 g/mol. The van der Waals surface area contributed by atoms with Crippen molar-refractivity contribution in [3.63, 3.8) is 0 Å². The highest BCUT2D eigenvalue weighted by Crippen LogP contribution is 2.14. The Morgan fingerprint density at radius 1 is 1.24 bits per heavy atom. The summed E-state index contributed by atoms with van der Waals surface area (Å²) in [5.41, 5.74) is 4.29. The molecular weight excluding hydrogens is 285 g/mol. The number of benzene rings is 1. The molecule has 0 aromatic heterocycles. The fraction of sp³-hybridized carbons (Fsp3) is 0.500. The molecule has 3 nitrogen and oxygen atoms in total. The van der Waals surface area contributed by atoms with Crippen molar-refractivity contribution in [2.24, 2.45) is 0 Å². The number of hydrogen-bond acceptors (Lipinski definition) is 3. The molecule has 1 aliphatic heterocycles. The van der Waals surface area contributed by atoms with Gasteiger partial charge in [-0.2, -0.15) is 0 Å². The summed E-state index contributed by atoms with van der Waals surface area (Å²) >= 11 is 3.30. The molecule has 1 aromatic carbocycles. The highest BCUT2D eigenvalue weighted by Gasteiger charge is 2.12. The molecular formula is C12H17BrFN3. The van der Waals surface area contributed by atoms with Gasteiger partial charge in [-0.25, -0.2) is 9.40 Å². The zero-order valence-corrected chi connectivity index (χ0v) is 11.5. The number of nitrogens with one attached hydrogen (secondary N) is 1. The molecule has 0 saturated carbocycles. The van der Waals surface area contributed by atoms with E-state index in [4.69, 9.17) is 0 Å². The molecule has 1 aliphatic rings. The molecule has 0 spiro atoms. The minimum Gasteiger partial charge on any atom is -0.304 e. The van der Waals surface area contributed by atoms with Gasteiger partial charge in [0, 0.05) is 37.2 Å². The second kappa shape index (κ2) is 5.91. The molecule has 94 valence electrons. The Labute approximate surface area is 110 Å². The summed E-state index contributed by atoms with van der Waals surface area (Å²) in [6.45, 7) is 4.82. The predicted octanol–water partition coefficient (Wildman–Crippen LogP) is 1.84. The second-order valence-corrected chi connectivity index (χ2v) is 5.32. The third-order valence-corrected chi connectivity index (χ3v) is 3.39. The van der Waals surface area contributed by atoms with Gasteiger partial charge in [0.2, 0.25) is 0 Å². The lowest BCUT2D eigenvalue weighted by Gasteiger charge is -2.32. The molecule has 1 heterocycles. The fourth-order valence-corrected chi connectivity index (χ4v) is 2.39. The number of hydrazine groups is 1. The van der Waals surface area contributed by atoms with Gasteiger partial charge in [-0.15, -0.1) is 0 Å². The Hall–Kier alpha value is -0.490. The topological polar surface area (TPSA) is 18.5 Å². The molecule has 1 aromatic rings. The maximum absolute atomic E-state index is 13.2. The van der Waals surface area contributed by atoms with E-state index < -0.39 is 0 Å². The van der Waals surface area contributed by atoms with Gasteiger partial charge in [-0.3, -0.25) is 5.43 Å². The van der Waals surface area contributed by atoms with Gasteiger partial charge >= 0.3 is 0 Å². The maximum atomic E-state index is 13.2. The van der Waals surface area contributed by atoms with Gasteiger partial charge in [-0.05, 0) is 30.8 Å². The van der Waals surface area contributed by atoms with Crippen LogP contribution in [0.5, 0.6) is 0 Å². The van der Waals surface area contributed by atoms with E-state index >= 15 is 0 Å². The van der Waals surface area contributed by atoms with Gasteiger partial charge in [0.05, 0.1) is 0 Å². The largest absolute Gasteiger partial charge is 0.304 e. The highest BCUT2D eigenvalue weighted by atomic mass is 79.9. The zero-order chi connectivity index (χ0) is 12.3. The van der Waals surface area contributed by atoms with Crippen molar-refractivity contribution >= 4 is 15.9 Å². The summed E-state index contributed by atoms with van der Waals surface area (Å²) < 4.78 is 14.0. The van der Waals surface area contributed by atoms with Crippen LogP contribution in [-0.2, 0) is 6.54 Å². The Morgan fingerprint density at radius 3 is 2.59 bits per heavy atom. The number of piperazine rings is 1. The van der Waals surface area contributed by atoms with Crippen LogP contribution in [0.2, 0.25) is 0 Å². The van der Waals surface area contributed by atoms with Crippen molar-refractivity contribution in [2.75, 3.05) is 33.2 Å². The van der Waals surface area contributed by atoms with Crippen molar-refractivity contribution in [2.45, 2.75) is 6.54 Å². The quantitative estimate of drug-likeness (QED) is 0.919. The molecule has 1 fully saturated rings. The Kier molecular flexibility index (Phi) is 4.50. The molecule has 0 unspecified atom stereocenters. The van der Waals surface area contributed by atoms with E-state index in [0.29, 0.717) is 6.54 Å². The Morgan fingerprint density at radius 2 is 1.94 bits per heavy atom. The number of nitrogens with zero attached hydrogens (tertiary/aromatic N) is 2. The summed E-state index contributed by atoms with van der Waals surface area (Å²) in [6, 6.07) is 4.97. The van der Waals surface area contributed by atoms with Crippen molar-refractivity contribution in [1.29, 1.82) is 0 Å². The molecule has 5 heteroatoms. The van der Waals surface area contributed by atoms with Gasteiger partial charge in [0.15, 0.2) is 0 Å². The van der Waals surface area contributed by atoms with Gasteiger partial charge in [0.25, 0.3) is 0 Å². The standard InChI is InChI=1S/C12H17BrFN3/c1-16-2-4-17(5-3-16)15-9-10-6-11(13)8-12(14)7-10/h6-8,15H,2-5,9H2,1H3. The summed E-state index contributed by atoms with van der Waals surface area (Å²) in [6.07, 6.45) is 0. The first kappa shape index (κ1) is 13.0. The average Bonchev–Trinajstić information content (AvgIpc) is 2.27. The minimum absolute atomic E-state index is 0.199.